The van der Waals surface area contributed by atoms with Crippen LogP contribution in [-0.2, 0) is 16.0 Å². The lowest BCUT2D eigenvalue weighted by Crippen LogP contribution is -2.49. The van der Waals surface area contributed by atoms with Crippen molar-refractivity contribution in [2.45, 2.75) is 38.0 Å². The summed E-state index contributed by atoms with van der Waals surface area (Å²) >= 11 is 0. The van der Waals surface area contributed by atoms with Crippen LogP contribution in [0, 0.1) is 0 Å². The van der Waals surface area contributed by atoms with Crippen LogP contribution in [0.25, 0.3) is 0 Å². The zero-order valence-electron chi connectivity index (χ0n) is 24.1. The number of carbonyl (C=O) groups is 2. The Morgan fingerprint density at radius 2 is 1.30 bits per heavy atom. The number of amides is 2. The number of hydrogen-bond donors (Lipinski definition) is 6. The van der Waals surface area contributed by atoms with Crippen molar-refractivity contribution >= 4 is 23.2 Å². The number of hydrogen-bond acceptors (Lipinski definition) is 10. The van der Waals surface area contributed by atoms with Gasteiger partial charge in [-0.25, -0.2) is 0 Å². The van der Waals surface area contributed by atoms with Gasteiger partial charge in [0.05, 0.1) is 30.7 Å². The fourth-order valence-corrected chi connectivity index (χ4v) is 5.46. The number of fused-ring (bicyclic) bond motifs is 2. The Hall–Kier alpha value is -4.52. The third-order valence-electron chi connectivity index (χ3n) is 7.60. The molecule has 2 aliphatic heterocycles. The number of nitrogens with one attached hydrogen (secondary N) is 2. The SMILES string of the molecule is COc1ccc(CC(C)(C)N(C[C@H](O)c2cc(O)cc3c2OCC(=O)N3)C[C@H](O)c2cc(O)cc3c2OCC(=O)N3)cc1. The van der Waals surface area contributed by atoms with Crippen molar-refractivity contribution in [2.75, 3.05) is 44.0 Å². The first-order chi connectivity index (χ1) is 20.4. The van der Waals surface area contributed by atoms with Gasteiger partial charge in [0.2, 0.25) is 0 Å². The molecule has 0 fully saturated rings. The summed E-state index contributed by atoms with van der Waals surface area (Å²) in [5, 5.41) is 49.0. The molecule has 0 saturated carbocycles. The molecular formula is C31H35N3O9. The van der Waals surface area contributed by atoms with Crippen LogP contribution in [0.5, 0.6) is 28.7 Å². The van der Waals surface area contributed by atoms with Gasteiger partial charge in [-0.2, -0.15) is 0 Å². The number of aromatic hydroxyl groups is 2. The molecule has 12 nitrogen and oxygen atoms in total. The Bertz CT molecular complexity index is 1440. The second kappa shape index (κ2) is 12.0. The first kappa shape index (κ1) is 30.0. The molecule has 0 saturated heterocycles. The van der Waals surface area contributed by atoms with Crippen molar-refractivity contribution in [3.8, 4) is 28.7 Å². The summed E-state index contributed by atoms with van der Waals surface area (Å²) in [6.07, 6.45) is -1.88. The van der Waals surface area contributed by atoms with E-state index in [0.29, 0.717) is 12.2 Å². The highest BCUT2D eigenvalue weighted by Crippen LogP contribution is 2.42. The molecule has 43 heavy (non-hydrogen) atoms. The van der Waals surface area contributed by atoms with Crippen LogP contribution in [0.2, 0.25) is 0 Å². The number of aliphatic hydroxyl groups is 2. The lowest BCUT2D eigenvalue weighted by molar-refractivity contribution is -0.119. The predicted molar refractivity (Wildman–Crippen MR) is 157 cm³/mol. The average Bonchev–Trinajstić information content (AvgIpc) is 2.95. The van der Waals surface area contributed by atoms with E-state index in [-0.39, 0.29) is 83.6 Å². The molecule has 0 aliphatic carbocycles. The molecule has 0 unspecified atom stereocenters. The zero-order chi connectivity index (χ0) is 30.9. The molecule has 12 heteroatoms. The maximum atomic E-state index is 11.9. The minimum absolute atomic E-state index is 0.00792. The van der Waals surface area contributed by atoms with Crippen LogP contribution in [0.15, 0.2) is 48.5 Å². The van der Waals surface area contributed by atoms with E-state index < -0.39 is 17.7 Å². The molecular weight excluding hydrogens is 558 g/mol. The number of ether oxygens (including phenoxy) is 3. The molecule has 0 radical (unpaired) electrons. The van der Waals surface area contributed by atoms with E-state index in [1.165, 1.54) is 24.3 Å². The lowest BCUT2D eigenvalue weighted by Gasteiger charge is -2.41. The van der Waals surface area contributed by atoms with Crippen LogP contribution in [0.3, 0.4) is 0 Å². The molecule has 2 amide bonds. The predicted octanol–water partition coefficient (Wildman–Crippen LogP) is 2.86. The van der Waals surface area contributed by atoms with E-state index in [9.17, 15) is 30.0 Å². The Morgan fingerprint density at radius 3 is 1.74 bits per heavy atom. The zero-order valence-corrected chi connectivity index (χ0v) is 24.1. The monoisotopic (exact) mass is 593 g/mol. The average molecular weight is 594 g/mol. The van der Waals surface area contributed by atoms with Crippen molar-refractivity contribution in [3.63, 3.8) is 0 Å². The minimum Gasteiger partial charge on any atom is -0.508 e. The molecule has 228 valence electrons. The Kier molecular flexibility index (Phi) is 8.36. The third-order valence-corrected chi connectivity index (χ3v) is 7.60. The van der Waals surface area contributed by atoms with Gasteiger partial charge in [-0.1, -0.05) is 12.1 Å². The summed E-state index contributed by atoms with van der Waals surface area (Å²) in [4.78, 5) is 25.6. The van der Waals surface area contributed by atoms with Gasteiger partial charge < -0.3 is 45.3 Å². The molecule has 6 N–H and O–H groups in total. The summed E-state index contributed by atoms with van der Waals surface area (Å²) in [6.45, 7) is 3.46. The third kappa shape index (κ3) is 6.61. The van der Waals surface area contributed by atoms with Gasteiger partial charge in [-0.3, -0.25) is 14.5 Å². The molecule has 0 aromatic heterocycles. The first-order valence-electron chi connectivity index (χ1n) is 13.8. The summed E-state index contributed by atoms with van der Waals surface area (Å²) in [7, 11) is 1.59. The van der Waals surface area contributed by atoms with Crippen LogP contribution in [0.1, 0.15) is 42.7 Å². The van der Waals surface area contributed by atoms with Gasteiger partial charge in [0, 0.05) is 41.9 Å². The molecule has 2 atom stereocenters. The second-order valence-corrected chi connectivity index (χ2v) is 11.3. The first-order valence-corrected chi connectivity index (χ1v) is 13.8. The number of benzene rings is 3. The number of nitrogens with zero attached hydrogens (tertiary/aromatic N) is 1. The van der Waals surface area contributed by atoms with Gasteiger partial charge in [0.25, 0.3) is 11.8 Å². The maximum Gasteiger partial charge on any atom is 0.262 e. The second-order valence-electron chi connectivity index (χ2n) is 11.3. The Labute approximate surface area is 248 Å². The fraction of sp³-hybridized carbons (Fsp3) is 0.355. The van der Waals surface area contributed by atoms with Crippen LogP contribution < -0.4 is 24.8 Å². The fourth-order valence-electron chi connectivity index (χ4n) is 5.46. The van der Waals surface area contributed by atoms with Gasteiger partial charge in [0.1, 0.15) is 28.7 Å². The quantitative estimate of drug-likeness (QED) is 0.205. The van der Waals surface area contributed by atoms with E-state index in [1.54, 1.807) is 7.11 Å². The number of phenolic OH excluding ortho intramolecular Hbond substituents is 2. The lowest BCUT2D eigenvalue weighted by atomic mass is 9.90. The van der Waals surface area contributed by atoms with Crippen molar-refractivity contribution in [2.24, 2.45) is 0 Å². The van der Waals surface area contributed by atoms with Crippen molar-refractivity contribution in [3.05, 3.63) is 65.2 Å². The number of phenols is 2. The normalized spacial score (nSPS) is 15.8. The highest BCUT2D eigenvalue weighted by atomic mass is 16.5. The van der Waals surface area contributed by atoms with E-state index in [2.05, 4.69) is 10.6 Å². The van der Waals surface area contributed by atoms with E-state index >= 15 is 0 Å². The van der Waals surface area contributed by atoms with Gasteiger partial charge in [-0.05, 0) is 50.1 Å². The molecule has 2 aliphatic rings. The van der Waals surface area contributed by atoms with Gasteiger partial charge in [0.15, 0.2) is 13.2 Å². The summed E-state index contributed by atoms with van der Waals surface area (Å²) in [6, 6.07) is 13.1. The molecule has 0 bridgehead atoms. The van der Waals surface area contributed by atoms with E-state index in [1.807, 2.05) is 43.0 Å². The smallest absolute Gasteiger partial charge is 0.262 e. The molecule has 3 aromatic rings. The standard InChI is InChI=1S/C31H35N3O9/c1-31(2,12-17-4-6-20(41-3)7-5-17)34(13-25(37)21-8-18(35)10-23-29(21)42-15-27(39)32-23)14-26(38)22-9-19(36)11-24-30(22)43-16-28(40)33-24/h4-11,25-26,35-38H,12-16H2,1-3H3,(H,32,39)(H,33,40)/t25-,26-/m0/s1. The van der Waals surface area contributed by atoms with Gasteiger partial charge >= 0.3 is 0 Å². The van der Waals surface area contributed by atoms with E-state index in [4.69, 9.17) is 14.2 Å². The number of anilines is 2. The number of β-amino-alcohol motifs (C(OH)–C–C–N with tert-alkyl or cyclic N) is 2. The molecule has 2 heterocycles. The largest absolute Gasteiger partial charge is 0.508 e. The van der Waals surface area contributed by atoms with Gasteiger partial charge in [-0.15, -0.1) is 0 Å². The van der Waals surface area contributed by atoms with Crippen LogP contribution in [-0.4, -0.2) is 76.1 Å². The molecule has 0 spiro atoms. The summed E-state index contributed by atoms with van der Waals surface area (Å²) in [5.74, 6) is 0.148. The van der Waals surface area contributed by atoms with Crippen LogP contribution in [0.4, 0.5) is 11.4 Å². The Balaban J connectivity index is 1.47. The summed E-state index contributed by atoms with van der Waals surface area (Å²) < 4.78 is 16.5. The highest BCUT2D eigenvalue weighted by molar-refractivity contribution is 5.96. The van der Waals surface area contributed by atoms with Crippen molar-refractivity contribution in [1.82, 2.24) is 4.90 Å². The highest BCUT2D eigenvalue weighted by Gasteiger charge is 2.34. The number of carbonyl (C=O) groups excluding carboxylic acids is 2. The molecule has 3 aromatic carbocycles. The number of rotatable bonds is 10. The van der Waals surface area contributed by atoms with Crippen molar-refractivity contribution < 1.29 is 44.2 Å². The number of aliphatic hydroxyl groups excluding tert-OH is 2. The molecule has 5 rings (SSSR count). The topological polar surface area (TPSA) is 170 Å². The maximum absolute atomic E-state index is 11.9. The van der Waals surface area contributed by atoms with Crippen LogP contribution >= 0.6 is 0 Å². The van der Waals surface area contributed by atoms with Crippen molar-refractivity contribution in [1.29, 1.82) is 0 Å². The Morgan fingerprint density at radius 1 is 0.837 bits per heavy atom. The minimum atomic E-state index is -1.20. The number of methoxy groups -OCH3 is 1. The van der Waals surface area contributed by atoms with E-state index in [0.717, 1.165) is 5.56 Å². The summed E-state index contributed by atoms with van der Waals surface area (Å²) in [5.41, 5.74) is 1.38.